The minimum Gasteiger partial charge on any atom is -0.381 e. The molecule has 0 amide bonds. The van der Waals surface area contributed by atoms with Gasteiger partial charge in [-0.3, -0.25) is 0 Å². The fraction of sp³-hybridized carbons (Fsp3) is 0.333. The maximum atomic E-state index is 3.44. The van der Waals surface area contributed by atoms with Crippen molar-refractivity contribution in [3.63, 3.8) is 0 Å². The van der Waals surface area contributed by atoms with Gasteiger partial charge in [-0.05, 0) is 52.4 Å². The number of nitrogens with one attached hydrogen (secondary N) is 1. The summed E-state index contributed by atoms with van der Waals surface area (Å²) >= 11 is 1.74. The fourth-order valence-electron chi connectivity index (χ4n) is 1.76. The Labute approximate surface area is 108 Å². The molecule has 1 aromatic carbocycles. The van der Waals surface area contributed by atoms with E-state index in [9.17, 15) is 0 Å². The summed E-state index contributed by atoms with van der Waals surface area (Å²) in [6, 6.07) is 11.0. The molecule has 2 rings (SSSR count). The lowest BCUT2D eigenvalue weighted by Crippen LogP contribution is -1.98. The van der Waals surface area contributed by atoms with E-state index in [4.69, 9.17) is 0 Å². The van der Waals surface area contributed by atoms with Crippen molar-refractivity contribution in [3.05, 3.63) is 52.2 Å². The Morgan fingerprint density at radius 2 is 1.94 bits per heavy atom. The summed E-state index contributed by atoms with van der Waals surface area (Å²) in [7, 11) is 0. The van der Waals surface area contributed by atoms with Crippen LogP contribution in [-0.4, -0.2) is 0 Å². The van der Waals surface area contributed by atoms with E-state index in [1.807, 2.05) is 0 Å². The van der Waals surface area contributed by atoms with E-state index >= 15 is 0 Å². The average Bonchev–Trinajstić information content (AvgIpc) is 2.89. The molecule has 0 aliphatic carbocycles. The van der Waals surface area contributed by atoms with Gasteiger partial charge >= 0.3 is 0 Å². The van der Waals surface area contributed by atoms with Gasteiger partial charge in [0.05, 0.1) is 0 Å². The van der Waals surface area contributed by atoms with Crippen LogP contribution in [0.3, 0.4) is 0 Å². The van der Waals surface area contributed by atoms with E-state index in [-0.39, 0.29) is 0 Å². The summed E-state index contributed by atoms with van der Waals surface area (Å²) in [5.41, 5.74) is 3.97. The van der Waals surface area contributed by atoms with Gasteiger partial charge in [0.15, 0.2) is 0 Å². The predicted molar refractivity (Wildman–Crippen MR) is 76.8 cm³/mol. The Kier molecular flexibility index (Phi) is 4.21. The molecule has 2 heteroatoms. The standard InChI is InChI=1S/C15H19NS/c1-3-12(2)14-4-6-15(7-5-14)16-10-13-8-9-17-11-13/h4-9,11-12,16H,3,10H2,1-2H3. The quantitative estimate of drug-likeness (QED) is 0.792. The zero-order chi connectivity index (χ0) is 12.1. The number of rotatable bonds is 5. The molecule has 0 spiro atoms. The average molecular weight is 245 g/mol. The third-order valence-electron chi connectivity index (χ3n) is 3.17. The molecule has 90 valence electrons. The van der Waals surface area contributed by atoms with Crippen molar-refractivity contribution in [2.75, 3.05) is 5.32 Å². The second kappa shape index (κ2) is 5.87. The van der Waals surface area contributed by atoms with Crippen molar-refractivity contribution in [2.45, 2.75) is 32.7 Å². The Balaban J connectivity index is 1.94. The van der Waals surface area contributed by atoms with Gasteiger partial charge in [-0.15, -0.1) is 0 Å². The molecule has 17 heavy (non-hydrogen) atoms. The first kappa shape index (κ1) is 12.2. The second-order valence-corrected chi connectivity index (χ2v) is 5.20. The summed E-state index contributed by atoms with van der Waals surface area (Å²) in [4.78, 5) is 0. The normalized spacial score (nSPS) is 12.4. The van der Waals surface area contributed by atoms with Crippen LogP contribution < -0.4 is 5.32 Å². The number of thiophene rings is 1. The SMILES string of the molecule is CCC(C)c1ccc(NCc2ccsc2)cc1. The van der Waals surface area contributed by atoms with Crippen LogP contribution in [0.15, 0.2) is 41.1 Å². The predicted octanol–water partition coefficient (Wildman–Crippen LogP) is 4.87. The molecule has 1 heterocycles. The first-order chi connectivity index (χ1) is 8.29. The monoisotopic (exact) mass is 245 g/mol. The molecular weight excluding hydrogens is 226 g/mol. The Morgan fingerprint density at radius 3 is 2.53 bits per heavy atom. The van der Waals surface area contributed by atoms with Crippen LogP contribution in [0.1, 0.15) is 37.3 Å². The molecule has 1 N–H and O–H groups in total. The van der Waals surface area contributed by atoms with Crippen LogP contribution in [0.5, 0.6) is 0 Å². The van der Waals surface area contributed by atoms with Gasteiger partial charge in [-0.2, -0.15) is 11.3 Å². The van der Waals surface area contributed by atoms with E-state index in [2.05, 4.69) is 60.3 Å². The number of benzene rings is 1. The zero-order valence-corrected chi connectivity index (χ0v) is 11.3. The van der Waals surface area contributed by atoms with Crippen LogP contribution >= 0.6 is 11.3 Å². The summed E-state index contributed by atoms with van der Waals surface area (Å²) in [5, 5.41) is 7.73. The van der Waals surface area contributed by atoms with Gasteiger partial charge < -0.3 is 5.32 Å². The first-order valence-corrected chi connectivity index (χ1v) is 7.08. The van der Waals surface area contributed by atoms with Gasteiger partial charge in [-0.1, -0.05) is 26.0 Å². The minimum atomic E-state index is 0.654. The molecule has 0 saturated carbocycles. The van der Waals surface area contributed by atoms with Crippen molar-refractivity contribution in [3.8, 4) is 0 Å². The van der Waals surface area contributed by atoms with Crippen molar-refractivity contribution in [2.24, 2.45) is 0 Å². The molecule has 2 aromatic rings. The van der Waals surface area contributed by atoms with Gasteiger partial charge in [0, 0.05) is 12.2 Å². The molecule has 0 bridgehead atoms. The molecule has 1 atom stereocenters. The van der Waals surface area contributed by atoms with Crippen LogP contribution in [0, 0.1) is 0 Å². The van der Waals surface area contributed by atoms with Crippen LogP contribution in [-0.2, 0) is 6.54 Å². The van der Waals surface area contributed by atoms with Crippen LogP contribution in [0.25, 0.3) is 0 Å². The first-order valence-electron chi connectivity index (χ1n) is 6.14. The van der Waals surface area contributed by atoms with Crippen molar-refractivity contribution < 1.29 is 0 Å². The molecule has 0 aliphatic rings. The number of hydrogen-bond donors (Lipinski definition) is 1. The topological polar surface area (TPSA) is 12.0 Å². The molecule has 1 nitrogen and oxygen atoms in total. The molecule has 1 unspecified atom stereocenters. The van der Waals surface area contributed by atoms with Gasteiger partial charge in [-0.25, -0.2) is 0 Å². The lowest BCUT2D eigenvalue weighted by atomic mass is 9.99. The molecule has 0 saturated heterocycles. The van der Waals surface area contributed by atoms with Gasteiger partial charge in [0.2, 0.25) is 0 Å². The van der Waals surface area contributed by atoms with Crippen molar-refractivity contribution in [1.82, 2.24) is 0 Å². The highest BCUT2D eigenvalue weighted by molar-refractivity contribution is 7.07. The Bertz CT molecular complexity index is 430. The van der Waals surface area contributed by atoms with E-state index in [0.717, 1.165) is 6.54 Å². The molecule has 0 radical (unpaired) electrons. The van der Waals surface area contributed by atoms with Gasteiger partial charge in [0.25, 0.3) is 0 Å². The fourth-order valence-corrected chi connectivity index (χ4v) is 2.43. The van der Waals surface area contributed by atoms with Crippen LogP contribution in [0.2, 0.25) is 0 Å². The smallest absolute Gasteiger partial charge is 0.0409 e. The van der Waals surface area contributed by atoms with E-state index in [1.165, 1.54) is 23.2 Å². The highest BCUT2D eigenvalue weighted by Gasteiger charge is 2.02. The van der Waals surface area contributed by atoms with Crippen molar-refractivity contribution in [1.29, 1.82) is 0 Å². The number of anilines is 1. The van der Waals surface area contributed by atoms with E-state index in [1.54, 1.807) is 11.3 Å². The maximum Gasteiger partial charge on any atom is 0.0409 e. The van der Waals surface area contributed by atoms with Gasteiger partial charge in [0.1, 0.15) is 0 Å². The third kappa shape index (κ3) is 3.34. The van der Waals surface area contributed by atoms with Crippen LogP contribution in [0.4, 0.5) is 5.69 Å². The summed E-state index contributed by atoms with van der Waals surface area (Å²) in [6.07, 6.45) is 1.20. The molecule has 1 aromatic heterocycles. The summed E-state index contributed by atoms with van der Waals surface area (Å²) in [6.45, 7) is 5.41. The Hall–Kier alpha value is -1.28. The highest BCUT2D eigenvalue weighted by Crippen LogP contribution is 2.20. The third-order valence-corrected chi connectivity index (χ3v) is 3.90. The molecule has 0 fully saturated rings. The summed E-state index contributed by atoms with van der Waals surface area (Å²) < 4.78 is 0. The maximum absolute atomic E-state index is 3.44. The largest absolute Gasteiger partial charge is 0.381 e. The highest BCUT2D eigenvalue weighted by atomic mass is 32.1. The Morgan fingerprint density at radius 1 is 1.18 bits per heavy atom. The van der Waals surface area contributed by atoms with Crippen molar-refractivity contribution >= 4 is 17.0 Å². The molecular formula is C15H19NS. The zero-order valence-electron chi connectivity index (χ0n) is 10.4. The molecule has 0 aliphatic heterocycles. The number of hydrogen-bond acceptors (Lipinski definition) is 2. The van der Waals surface area contributed by atoms with E-state index in [0.29, 0.717) is 5.92 Å². The summed E-state index contributed by atoms with van der Waals surface area (Å²) in [5.74, 6) is 0.654. The lowest BCUT2D eigenvalue weighted by Gasteiger charge is -2.10. The minimum absolute atomic E-state index is 0.654. The lowest BCUT2D eigenvalue weighted by molar-refractivity contribution is 0.734. The second-order valence-electron chi connectivity index (χ2n) is 4.42. The van der Waals surface area contributed by atoms with E-state index < -0.39 is 0 Å².